The van der Waals surface area contributed by atoms with E-state index >= 15 is 0 Å². The molecule has 0 aliphatic carbocycles. The van der Waals surface area contributed by atoms with Crippen LogP contribution in [0, 0.1) is 13.8 Å². The minimum atomic E-state index is -0.116. The fourth-order valence-corrected chi connectivity index (χ4v) is 3.83. The molecule has 0 unspecified atom stereocenters. The summed E-state index contributed by atoms with van der Waals surface area (Å²) >= 11 is 0. The van der Waals surface area contributed by atoms with Gasteiger partial charge in [0.1, 0.15) is 0 Å². The summed E-state index contributed by atoms with van der Waals surface area (Å²) in [6.07, 6.45) is 1.85. The fraction of sp³-hybridized carbons (Fsp3) is 0.333. The number of amides is 2. The van der Waals surface area contributed by atoms with E-state index in [2.05, 4.69) is 22.2 Å². The van der Waals surface area contributed by atoms with Crippen LogP contribution in [-0.4, -0.2) is 59.8 Å². The number of hydrogen-bond donors (Lipinski definition) is 2. The second-order valence-electron chi connectivity index (χ2n) is 7.32. The summed E-state index contributed by atoms with van der Waals surface area (Å²) in [5.41, 5.74) is 5.60. The molecule has 4 rings (SSSR count). The number of nitrogens with one attached hydrogen (secondary N) is 2. The number of hydrogen-bond acceptors (Lipinski definition) is 3. The molecule has 0 radical (unpaired) electrons. The van der Waals surface area contributed by atoms with Crippen molar-refractivity contribution < 1.29 is 9.59 Å². The van der Waals surface area contributed by atoms with Crippen molar-refractivity contribution in [2.75, 3.05) is 38.5 Å². The number of aryl methyl sites for hydroxylation is 1. The third kappa shape index (κ3) is 3.06. The average molecular weight is 364 g/mol. The Labute approximate surface area is 158 Å². The molecule has 2 aliphatic rings. The number of carbonyl (C=O) groups is 2. The number of aromatic nitrogens is 1. The van der Waals surface area contributed by atoms with Crippen LogP contribution in [0.25, 0.3) is 11.6 Å². The number of benzene rings is 1. The van der Waals surface area contributed by atoms with Crippen LogP contribution in [-0.2, 0) is 4.79 Å². The van der Waals surface area contributed by atoms with E-state index in [0.717, 1.165) is 59.9 Å². The van der Waals surface area contributed by atoms with Crippen molar-refractivity contribution in [3.8, 4) is 0 Å². The lowest BCUT2D eigenvalue weighted by Crippen LogP contribution is -2.47. The Morgan fingerprint density at radius 2 is 1.81 bits per heavy atom. The van der Waals surface area contributed by atoms with Crippen LogP contribution in [0.15, 0.2) is 24.3 Å². The monoisotopic (exact) mass is 364 g/mol. The van der Waals surface area contributed by atoms with Gasteiger partial charge in [-0.3, -0.25) is 9.59 Å². The number of aromatic amines is 1. The molecule has 2 aliphatic heterocycles. The highest BCUT2D eigenvalue weighted by atomic mass is 16.2. The first kappa shape index (κ1) is 17.5. The molecule has 6 nitrogen and oxygen atoms in total. The molecule has 2 N–H and O–H groups in total. The van der Waals surface area contributed by atoms with Crippen molar-refractivity contribution >= 4 is 29.2 Å². The summed E-state index contributed by atoms with van der Waals surface area (Å²) < 4.78 is 0. The lowest BCUT2D eigenvalue weighted by atomic mass is 10.0. The van der Waals surface area contributed by atoms with Crippen molar-refractivity contribution in [1.29, 1.82) is 0 Å². The second kappa shape index (κ2) is 6.70. The number of piperazine rings is 1. The average Bonchev–Trinajstić information content (AvgIpc) is 3.11. The molecule has 2 amide bonds. The number of nitrogens with zero attached hydrogens (tertiary/aromatic N) is 2. The predicted molar refractivity (Wildman–Crippen MR) is 107 cm³/mol. The number of para-hydroxylation sites is 1. The number of likely N-dealkylation sites (N-methyl/N-ethyl adjacent to an activating group) is 1. The van der Waals surface area contributed by atoms with Crippen LogP contribution in [0.5, 0.6) is 0 Å². The van der Waals surface area contributed by atoms with Gasteiger partial charge in [0.15, 0.2) is 0 Å². The smallest absolute Gasteiger partial charge is 0.256 e. The number of anilines is 1. The predicted octanol–water partition coefficient (Wildman–Crippen LogP) is 2.51. The molecular weight excluding hydrogens is 340 g/mol. The van der Waals surface area contributed by atoms with E-state index in [1.54, 1.807) is 0 Å². The zero-order valence-electron chi connectivity index (χ0n) is 15.9. The highest BCUT2D eigenvalue weighted by Crippen LogP contribution is 2.33. The van der Waals surface area contributed by atoms with E-state index in [-0.39, 0.29) is 11.8 Å². The summed E-state index contributed by atoms with van der Waals surface area (Å²) in [5.74, 6) is -0.0509. The molecule has 6 heteroatoms. The van der Waals surface area contributed by atoms with E-state index in [0.29, 0.717) is 5.57 Å². The number of fused-ring (bicyclic) bond motifs is 1. The van der Waals surface area contributed by atoms with Crippen molar-refractivity contribution in [2.45, 2.75) is 13.8 Å². The maximum absolute atomic E-state index is 13.0. The van der Waals surface area contributed by atoms with Gasteiger partial charge in [0.2, 0.25) is 0 Å². The molecular formula is C21H24N4O2. The van der Waals surface area contributed by atoms with Gasteiger partial charge in [-0.05, 0) is 38.6 Å². The molecule has 140 valence electrons. The van der Waals surface area contributed by atoms with Gasteiger partial charge in [0, 0.05) is 48.8 Å². The first-order chi connectivity index (χ1) is 13.0. The second-order valence-corrected chi connectivity index (χ2v) is 7.32. The van der Waals surface area contributed by atoms with E-state index in [1.165, 1.54) is 0 Å². The molecule has 0 atom stereocenters. The van der Waals surface area contributed by atoms with E-state index in [1.807, 2.05) is 49.1 Å². The molecule has 2 aromatic rings. The first-order valence-corrected chi connectivity index (χ1v) is 9.25. The molecule has 1 aromatic carbocycles. The van der Waals surface area contributed by atoms with E-state index < -0.39 is 0 Å². The van der Waals surface area contributed by atoms with Gasteiger partial charge in [-0.2, -0.15) is 0 Å². The highest BCUT2D eigenvalue weighted by Gasteiger charge is 2.27. The van der Waals surface area contributed by atoms with Gasteiger partial charge >= 0.3 is 0 Å². The third-order valence-corrected chi connectivity index (χ3v) is 5.48. The summed E-state index contributed by atoms with van der Waals surface area (Å²) in [5, 5.41) is 2.89. The van der Waals surface area contributed by atoms with Crippen LogP contribution in [0.4, 0.5) is 5.69 Å². The van der Waals surface area contributed by atoms with Gasteiger partial charge in [-0.1, -0.05) is 18.2 Å². The Kier molecular flexibility index (Phi) is 4.36. The van der Waals surface area contributed by atoms with Gasteiger partial charge < -0.3 is 20.1 Å². The minimum Gasteiger partial charge on any atom is -0.358 e. The minimum absolute atomic E-state index is 0.0651. The number of H-pyrrole nitrogens is 1. The summed E-state index contributed by atoms with van der Waals surface area (Å²) in [6, 6.07) is 7.64. The zero-order chi connectivity index (χ0) is 19.1. The molecule has 3 heterocycles. The summed E-state index contributed by atoms with van der Waals surface area (Å²) in [6.45, 7) is 7.13. The Hall–Kier alpha value is -2.86. The Morgan fingerprint density at radius 1 is 1.11 bits per heavy atom. The molecule has 1 aromatic heterocycles. The lowest BCUT2D eigenvalue weighted by Gasteiger charge is -2.32. The highest BCUT2D eigenvalue weighted by molar-refractivity contribution is 6.34. The molecule has 1 fully saturated rings. The van der Waals surface area contributed by atoms with Crippen LogP contribution in [0.3, 0.4) is 0 Å². The van der Waals surface area contributed by atoms with Crippen molar-refractivity contribution in [1.82, 2.24) is 14.8 Å². The molecule has 0 spiro atoms. The van der Waals surface area contributed by atoms with Crippen LogP contribution in [0.2, 0.25) is 0 Å². The van der Waals surface area contributed by atoms with Crippen molar-refractivity contribution in [3.05, 3.63) is 52.3 Å². The third-order valence-electron chi connectivity index (χ3n) is 5.48. The number of carbonyl (C=O) groups excluding carboxylic acids is 2. The van der Waals surface area contributed by atoms with Crippen LogP contribution >= 0.6 is 0 Å². The standard InChI is InChI=1S/C21H24N4O2/c1-13-18(12-16-15-6-4-5-7-17(15)23-20(16)26)22-14(2)19(13)21(27)25-10-8-24(3)9-11-25/h4-7,12,22H,8-11H2,1-3H3,(H,23,26). The SMILES string of the molecule is Cc1[nH]c(C=C2C(=O)Nc3ccccc32)c(C)c1C(=O)N1CCN(C)CC1. The largest absolute Gasteiger partial charge is 0.358 e. The molecule has 27 heavy (non-hydrogen) atoms. The van der Waals surface area contributed by atoms with Crippen molar-refractivity contribution in [3.63, 3.8) is 0 Å². The van der Waals surface area contributed by atoms with Crippen LogP contribution < -0.4 is 5.32 Å². The quantitative estimate of drug-likeness (QED) is 0.805. The Morgan fingerprint density at radius 3 is 2.56 bits per heavy atom. The maximum atomic E-state index is 13.0. The first-order valence-electron chi connectivity index (χ1n) is 9.25. The van der Waals surface area contributed by atoms with E-state index in [4.69, 9.17) is 0 Å². The van der Waals surface area contributed by atoms with Crippen LogP contribution in [0.1, 0.15) is 32.9 Å². The fourth-order valence-electron chi connectivity index (χ4n) is 3.83. The van der Waals surface area contributed by atoms with Gasteiger partial charge in [-0.25, -0.2) is 0 Å². The van der Waals surface area contributed by atoms with Gasteiger partial charge in [0.05, 0.1) is 11.1 Å². The normalized spacial score (nSPS) is 18.7. The van der Waals surface area contributed by atoms with Gasteiger partial charge in [-0.15, -0.1) is 0 Å². The summed E-state index contributed by atoms with van der Waals surface area (Å²) in [7, 11) is 2.07. The zero-order valence-corrected chi connectivity index (χ0v) is 15.9. The number of rotatable bonds is 2. The van der Waals surface area contributed by atoms with Crippen molar-refractivity contribution in [2.24, 2.45) is 0 Å². The maximum Gasteiger partial charge on any atom is 0.256 e. The Bertz CT molecular complexity index is 949. The lowest BCUT2D eigenvalue weighted by molar-refractivity contribution is -0.110. The van der Waals surface area contributed by atoms with E-state index in [9.17, 15) is 9.59 Å². The molecule has 0 bridgehead atoms. The summed E-state index contributed by atoms with van der Waals surface area (Å²) in [4.78, 5) is 32.9. The molecule has 0 saturated carbocycles. The van der Waals surface area contributed by atoms with Gasteiger partial charge in [0.25, 0.3) is 11.8 Å². The molecule has 1 saturated heterocycles. The Balaban J connectivity index is 1.68. The topological polar surface area (TPSA) is 68.4 Å².